The van der Waals surface area contributed by atoms with E-state index >= 15 is 0 Å². The van der Waals surface area contributed by atoms with E-state index in [2.05, 4.69) is 0 Å². The predicted molar refractivity (Wildman–Crippen MR) is 116 cm³/mol. The number of ether oxygens (including phenoxy) is 2. The Morgan fingerprint density at radius 2 is 1.45 bits per heavy atom. The van der Waals surface area contributed by atoms with E-state index in [0.29, 0.717) is 31.7 Å². The second-order valence-electron chi connectivity index (χ2n) is 8.66. The molecule has 0 bridgehead atoms. The monoisotopic (exact) mass is 420 g/mol. The zero-order valence-electron chi connectivity index (χ0n) is 17.7. The summed E-state index contributed by atoms with van der Waals surface area (Å²) in [5, 5.41) is 0. The third kappa shape index (κ3) is 3.64. The molecule has 31 heavy (non-hydrogen) atoms. The van der Waals surface area contributed by atoms with Crippen LogP contribution in [-0.4, -0.2) is 54.6 Å². The first-order valence-corrected chi connectivity index (χ1v) is 11.2. The van der Waals surface area contributed by atoms with E-state index in [1.54, 1.807) is 0 Å². The first kappa shape index (κ1) is 19.9. The van der Waals surface area contributed by atoms with E-state index in [9.17, 15) is 9.59 Å². The molecule has 2 heterocycles. The van der Waals surface area contributed by atoms with Crippen LogP contribution in [-0.2, 0) is 10.2 Å². The second kappa shape index (κ2) is 8.25. The number of amides is 2. The van der Waals surface area contributed by atoms with Gasteiger partial charge in [0.1, 0.15) is 0 Å². The van der Waals surface area contributed by atoms with E-state index in [0.717, 1.165) is 42.7 Å². The Bertz CT molecular complexity index is 961. The van der Waals surface area contributed by atoms with Gasteiger partial charge in [-0.15, -0.1) is 0 Å². The lowest BCUT2D eigenvalue weighted by molar-refractivity contribution is -0.140. The standard InChI is InChI=1S/C25H28N2O4/c28-23(19-7-3-1-4-8-19)26-13-15-27(16-14-26)24(29)25(11-5-2-6-12-25)20-9-10-21-22(17-20)31-18-30-21/h1,3-4,7-10,17H,2,5-6,11-16,18H2. The summed E-state index contributed by atoms with van der Waals surface area (Å²) in [5.74, 6) is 1.71. The molecule has 0 unspecified atom stereocenters. The molecule has 2 aliphatic heterocycles. The molecule has 5 rings (SSSR count). The molecule has 2 aromatic carbocycles. The predicted octanol–water partition coefficient (Wildman–Crippen LogP) is 3.60. The lowest BCUT2D eigenvalue weighted by Gasteiger charge is -2.43. The van der Waals surface area contributed by atoms with Gasteiger partial charge in [0, 0.05) is 31.7 Å². The molecule has 2 aromatic rings. The van der Waals surface area contributed by atoms with Crippen LogP contribution in [0.25, 0.3) is 0 Å². The van der Waals surface area contributed by atoms with Crippen molar-refractivity contribution in [2.24, 2.45) is 0 Å². The number of benzene rings is 2. The van der Waals surface area contributed by atoms with Crippen molar-refractivity contribution >= 4 is 11.8 Å². The molecule has 162 valence electrons. The van der Waals surface area contributed by atoms with Crippen molar-refractivity contribution in [3.05, 3.63) is 59.7 Å². The van der Waals surface area contributed by atoms with Crippen molar-refractivity contribution in [3.63, 3.8) is 0 Å². The van der Waals surface area contributed by atoms with Crippen molar-refractivity contribution in [3.8, 4) is 11.5 Å². The van der Waals surface area contributed by atoms with Crippen LogP contribution in [0.5, 0.6) is 11.5 Å². The van der Waals surface area contributed by atoms with Crippen LogP contribution in [0.4, 0.5) is 0 Å². The highest BCUT2D eigenvalue weighted by molar-refractivity contribution is 5.94. The van der Waals surface area contributed by atoms with Crippen molar-refractivity contribution in [2.75, 3.05) is 33.0 Å². The second-order valence-corrected chi connectivity index (χ2v) is 8.66. The maximum atomic E-state index is 13.9. The topological polar surface area (TPSA) is 59.1 Å². The van der Waals surface area contributed by atoms with Gasteiger partial charge in [0.15, 0.2) is 11.5 Å². The third-order valence-electron chi connectivity index (χ3n) is 6.92. The minimum atomic E-state index is -0.509. The molecule has 6 heteroatoms. The maximum absolute atomic E-state index is 13.9. The highest BCUT2D eigenvalue weighted by atomic mass is 16.7. The lowest BCUT2D eigenvalue weighted by atomic mass is 9.68. The molecular weight excluding hydrogens is 392 g/mol. The Hall–Kier alpha value is -3.02. The Morgan fingerprint density at radius 3 is 2.19 bits per heavy atom. The largest absolute Gasteiger partial charge is 0.454 e. The molecule has 6 nitrogen and oxygen atoms in total. The number of carbonyl (C=O) groups excluding carboxylic acids is 2. The first-order valence-electron chi connectivity index (χ1n) is 11.2. The van der Waals surface area contributed by atoms with Gasteiger partial charge in [-0.2, -0.15) is 0 Å². The molecule has 3 aliphatic rings. The summed E-state index contributed by atoms with van der Waals surface area (Å²) in [6.07, 6.45) is 4.97. The molecule has 1 saturated heterocycles. The summed E-state index contributed by atoms with van der Waals surface area (Å²) in [6, 6.07) is 15.3. The number of nitrogens with zero attached hydrogens (tertiary/aromatic N) is 2. The first-order chi connectivity index (χ1) is 15.2. The molecule has 0 spiro atoms. The molecule has 2 amide bonds. The molecule has 0 atom stereocenters. The molecule has 2 fully saturated rings. The number of carbonyl (C=O) groups is 2. The zero-order chi connectivity index (χ0) is 21.3. The van der Waals surface area contributed by atoms with Crippen LogP contribution in [0.3, 0.4) is 0 Å². The number of rotatable bonds is 3. The van der Waals surface area contributed by atoms with Crippen LogP contribution in [0.1, 0.15) is 48.0 Å². The average molecular weight is 421 g/mol. The SMILES string of the molecule is O=C(c1ccccc1)N1CCN(C(=O)C2(c3ccc4c(c3)OCO4)CCCCC2)CC1. The molecule has 0 aromatic heterocycles. The van der Waals surface area contributed by atoms with E-state index in [1.807, 2.05) is 58.3 Å². The van der Waals surface area contributed by atoms with Gasteiger partial charge in [0.25, 0.3) is 5.91 Å². The molecule has 0 N–H and O–H groups in total. The van der Waals surface area contributed by atoms with Gasteiger partial charge < -0.3 is 19.3 Å². The highest BCUT2D eigenvalue weighted by Gasteiger charge is 2.44. The summed E-state index contributed by atoms with van der Waals surface area (Å²) in [4.78, 5) is 30.5. The van der Waals surface area contributed by atoms with Crippen LogP contribution in [0.2, 0.25) is 0 Å². The number of hydrogen-bond acceptors (Lipinski definition) is 4. The van der Waals surface area contributed by atoms with Crippen molar-refractivity contribution in [1.82, 2.24) is 9.80 Å². The minimum Gasteiger partial charge on any atom is -0.454 e. The summed E-state index contributed by atoms with van der Waals surface area (Å²) < 4.78 is 11.1. The van der Waals surface area contributed by atoms with Crippen molar-refractivity contribution < 1.29 is 19.1 Å². The Labute approximate surface area is 182 Å². The third-order valence-corrected chi connectivity index (χ3v) is 6.92. The van der Waals surface area contributed by atoms with Gasteiger partial charge in [0.2, 0.25) is 12.7 Å². The van der Waals surface area contributed by atoms with Crippen molar-refractivity contribution in [2.45, 2.75) is 37.5 Å². The highest BCUT2D eigenvalue weighted by Crippen LogP contribution is 2.44. The molecular formula is C25H28N2O4. The van der Waals surface area contributed by atoms with E-state index in [1.165, 1.54) is 6.42 Å². The summed E-state index contributed by atoms with van der Waals surface area (Å²) in [7, 11) is 0. The van der Waals surface area contributed by atoms with Gasteiger partial charge in [-0.05, 0) is 42.7 Å². The van der Waals surface area contributed by atoms with E-state index in [4.69, 9.17) is 9.47 Å². The average Bonchev–Trinajstić information content (AvgIpc) is 3.32. The van der Waals surface area contributed by atoms with Gasteiger partial charge in [-0.3, -0.25) is 9.59 Å². The zero-order valence-corrected chi connectivity index (χ0v) is 17.7. The fourth-order valence-electron chi connectivity index (χ4n) is 5.15. The Kier molecular flexibility index (Phi) is 5.30. The van der Waals surface area contributed by atoms with Crippen LogP contribution in [0.15, 0.2) is 48.5 Å². The van der Waals surface area contributed by atoms with Crippen molar-refractivity contribution in [1.29, 1.82) is 0 Å². The fraction of sp³-hybridized carbons (Fsp3) is 0.440. The minimum absolute atomic E-state index is 0.0378. The van der Waals surface area contributed by atoms with Crippen LogP contribution in [0, 0.1) is 0 Å². The Balaban J connectivity index is 1.33. The quantitative estimate of drug-likeness (QED) is 0.761. The van der Waals surface area contributed by atoms with Crippen LogP contribution < -0.4 is 9.47 Å². The number of hydrogen-bond donors (Lipinski definition) is 0. The summed E-state index contributed by atoms with van der Waals surface area (Å²) >= 11 is 0. The van der Waals surface area contributed by atoms with Gasteiger partial charge in [-0.25, -0.2) is 0 Å². The smallest absolute Gasteiger partial charge is 0.253 e. The summed E-state index contributed by atoms with van der Waals surface area (Å²) in [6.45, 7) is 2.51. The molecule has 1 aliphatic carbocycles. The lowest BCUT2D eigenvalue weighted by Crippen LogP contribution is -2.56. The summed E-state index contributed by atoms with van der Waals surface area (Å²) in [5.41, 5.74) is 1.22. The van der Waals surface area contributed by atoms with Gasteiger partial charge in [0.05, 0.1) is 5.41 Å². The Morgan fingerprint density at radius 1 is 0.774 bits per heavy atom. The van der Waals surface area contributed by atoms with Gasteiger partial charge >= 0.3 is 0 Å². The number of piperazine rings is 1. The fourth-order valence-corrected chi connectivity index (χ4v) is 5.15. The van der Waals surface area contributed by atoms with E-state index in [-0.39, 0.29) is 18.6 Å². The molecule has 1 saturated carbocycles. The number of fused-ring (bicyclic) bond motifs is 1. The van der Waals surface area contributed by atoms with Crippen LogP contribution >= 0.6 is 0 Å². The van der Waals surface area contributed by atoms with Gasteiger partial charge in [-0.1, -0.05) is 43.5 Å². The van der Waals surface area contributed by atoms with E-state index < -0.39 is 5.41 Å². The molecule has 0 radical (unpaired) electrons. The normalized spacial score (nSPS) is 19.9. The maximum Gasteiger partial charge on any atom is 0.253 e.